The van der Waals surface area contributed by atoms with Crippen molar-refractivity contribution in [1.82, 2.24) is 9.38 Å². The van der Waals surface area contributed by atoms with Crippen molar-refractivity contribution in [2.24, 2.45) is 0 Å². The highest BCUT2D eigenvalue weighted by molar-refractivity contribution is 14.1. The van der Waals surface area contributed by atoms with Crippen molar-refractivity contribution >= 4 is 43.9 Å². The molecular formula is C17H14F2IN3O2S. The average Bonchev–Trinajstić information content (AvgIpc) is 3.33. The molecule has 1 fully saturated rings. The largest absolute Gasteiger partial charge is 0.303 e. The van der Waals surface area contributed by atoms with Crippen molar-refractivity contribution in [1.29, 1.82) is 0 Å². The molecule has 0 spiro atoms. The molecule has 0 radical (unpaired) electrons. The van der Waals surface area contributed by atoms with Crippen LogP contribution in [0.4, 0.5) is 14.5 Å². The number of anilines is 1. The van der Waals surface area contributed by atoms with Crippen molar-refractivity contribution in [3.63, 3.8) is 0 Å². The van der Waals surface area contributed by atoms with Crippen molar-refractivity contribution < 1.29 is 17.2 Å². The maximum Gasteiger partial charge on any atom is 0.235 e. The standard InChI is InChI=1S/C17H14F2IN3O2S/c18-14-8-11(20)2-1-10(14)7-13-15(22-26(24,25)12-3-4-12)9-23-6-5-21-17(23)16(13)19/h1-2,5-6,8-9,12,22H,3-4,7H2. The van der Waals surface area contributed by atoms with E-state index in [2.05, 4.69) is 9.71 Å². The first-order chi connectivity index (χ1) is 12.3. The van der Waals surface area contributed by atoms with Gasteiger partial charge in [-0.15, -0.1) is 0 Å². The second kappa shape index (κ2) is 6.45. The molecule has 0 saturated heterocycles. The van der Waals surface area contributed by atoms with Crippen LogP contribution in [-0.4, -0.2) is 23.1 Å². The molecule has 1 saturated carbocycles. The maximum absolute atomic E-state index is 15.0. The van der Waals surface area contributed by atoms with Gasteiger partial charge in [0.15, 0.2) is 11.5 Å². The van der Waals surface area contributed by atoms with Crippen molar-refractivity contribution in [2.45, 2.75) is 24.5 Å². The minimum Gasteiger partial charge on any atom is -0.303 e. The fourth-order valence-electron chi connectivity index (χ4n) is 2.79. The Labute approximate surface area is 162 Å². The molecule has 1 N–H and O–H groups in total. The van der Waals surface area contributed by atoms with Gasteiger partial charge in [-0.25, -0.2) is 22.2 Å². The zero-order chi connectivity index (χ0) is 18.5. The number of nitrogens with one attached hydrogen (secondary N) is 1. The molecule has 0 aliphatic heterocycles. The summed E-state index contributed by atoms with van der Waals surface area (Å²) in [6.07, 6.45) is 5.53. The van der Waals surface area contributed by atoms with Crippen LogP contribution in [0.25, 0.3) is 5.65 Å². The lowest BCUT2D eigenvalue weighted by Gasteiger charge is -2.15. The molecule has 1 aliphatic carbocycles. The van der Waals surface area contributed by atoms with Gasteiger partial charge in [-0.1, -0.05) is 6.07 Å². The van der Waals surface area contributed by atoms with Crippen LogP contribution in [0.15, 0.2) is 36.8 Å². The summed E-state index contributed by atoms with van der Waals surface area (Å²) < 4.78 is 58.5. The molecular weight excluding hydrogens is 475 g/mol. The van der Waals surface area contributed by atoms with Crippen molar-refractivity contribution in [2.75, 3.05) is 4.72 Å². The molecule has 0 amide bonds. The lowest BCUT2D eigenvalue weighted by Crippen LogP contribution is -2.19. The summed E-state index contributed by atoms with van der Waals surface area (Å²) in [5, 5.41) is -0.452. The molecule has 1 aromatic carbocycles. The number of hydrogen-bond donors (Lipinski definition) is 1. The van der Waals surface area contributed by atoms with Crippen LogP contribution in [0.1, 0.15) is 24.0 Å². The summed E-state index contributed by atoms with van der Waals surface area (Å²) in [6.45, 7) is 0. The highest BCUT2D eigenvalue weighted by Crippen LogP contribution is 2.32. The zero-order valence-corrected chi connectivity index (χ0v) is 16.4. The van der Waals surface area contributed by atoms with E-state index in [-0.39, 0.29) is 28.9 Å². The van der Waals surface area contributed by atoms with Crippen LogP contribution in [0, 0.1) is 15.2 Å². The van der Waals surface area contributed by atoms with E-state index < -0.39 is 26.9 Å². The molecule has 0 atom stereocenters. The monoisotopic (exact) mass is 489 g/mol. The van der Waals surface area contributed by atoms with Crippen LogP contribution in [0.5, 0.6) is 0 Å². The van der Waals surface area contributed by atoms with Gasteiger partial charge in [0, 0.05) is 34.1 Å². The summed E-state index contributed by atoms with van der Waals surface area (Å²) >= 11 is 1.99. The molecule has 1 aliphatic rings. The molecule has 4 rings (SSSR count). The van der Waals surface area contributed by atoms with E-state index in [0.29, 0.717) is 12.8 Å². The van der Waals surface area contributed by atoms with Gasteiger partial charge in [0.1, 0.15) is 5.82 Å². The Morgan fingerprint density at radius 2 is 2.08 bits per heavy atom. The van der Waals surface area contributed by atoms with Crippen LogP contribution >= 0.6 is 22.6 Å². The predicted molar refractivity (Wildman–Crippen MR) is 103 cm³/mol. The second-order valence-corrected chi connectivity index (χ2v) is 9.46. The SMILES string of the molecule is O=S(=O)(Nc1cn2ccnc2c(F)c1Cc1ccc(I)cc1F)C1CC1. The predicted octanol–water partition coefficient (Wildman–Crippen LogP) is 3.71. The maximum atomic E-state index is 15.0. The lowest BCUT2D eigenvalue weighted by molar-refractivity contribution is 0.597. The van der Waals surface area contributed by atoms with Crippen LogP contribution in [-0.2, 0) is 16.4 Å². The Morgan fingerprint density at radius 3 is 2.77 bits per heavy atom. The van der Waals surface area contributed by atoms with Gasteiger partial charge in [0.2, 0.25) is 10.0 Å². The fourth-order valence-corrected chi connectivity index (χ4v) is 4.65. The van der Waals surface area contributed by atoms with E-state index in [1.807, 2.05) is 22.6 Å². The normalized spacial score (nSPS) is 14.7. The molecule has 3 aromatic rings. The minimum atomic E-state index is -3.59. The van der Waals surface area contributed by atoms with Crippen molar-refractivity contribution in [3.8, 4) is 0 Å². The Kier molecular flexibility index (Phi) is 4.38. The minimum absolute atomic E-state index is 0.0697. The number of fused-ring (bicyclic) bond motifs is 1. The number of hydrogen-bond acceptors (Lipinski definition) is 3. The molecule has 0 unspecified atom stereocenters. The average molecular weight is 489 g/mol. The molecule has 0 bridgehead atoms. The highest BCUT2D eigenvalue weighted by atomic mass is 127. The van der Waals surface area contributed by atoms with Gasteiger partial charge >= 0.3 is 0 Å². The third kappa shape index (κ3) is 3.29. The Bertz CT molecular complexity index is 1110. The highest BCUT2D eigenvalue weighted by Gasteiger charge is 2.36. The van der Waals surface area contributed by atoms with E-state index in [1.165, 1.54) is 29.1 Å². The number of halogens is 3. The third-order valence-electron chi connectivity index (χ3n) is 4.32. The fraction of sp³-hybridized carbons (Fsp3) is 0.235. The quantitative estimate of drug-likeness (QED) is 0.556. The topological polar surface area (TPSA) is 63.5 Å². The van der Waals surface area contributed by atoms with E-state index in [1.54, 1.807) is 12.1 Å². The number of pyridine rings is 1. The first-order valence-corrected chi connectivity index (χ1v) is 10.6. The van der Waals surface area contributed by atoms with Gasteiger partial charge in [0.05, 0.1) is 10.9 Å². The van der Waals surface area contributed by atoms with Crippen LogP contribution in [0.2, 0.25) is 0 Å². The summed E-state index contributed by atoms with van der Waals surface area (Å²) in [4.78, 5) is 3.96. The van der Waals surface area contributed by atoms with Gasteiger partial charge < -0.3 is 4.40 Å². The molecule has 2 heterocycles. The number of imidazole rings is 1. The molecule has 9 heteroatoms. The van der Waals surface area contributed by atoms with Gasteiger partial charge in [-0.2, -0.15) is 0 Å². The number of nitrogens with zero attached hydrogens (tertiary/aromatic N) is 2. The smallest absolute Gasteiger partial charge is 0.235 e. The first kappa shape index (κ1) is 17.7. The summed E-state index contributed by atoms with van der Waals surface area (Å²) in [5.74, 6) is -1.13. The van der Waals surface area contributed by atoms with E-state index >= 15 is 4.39 Å². The lowest BCUT2D eigenvalue weighted by atomic mass is 10.0. The van der Waals surface area contributed by atoms with Crippen LogP contribution in [0.3, 0.4) is 0 Å². The molecule has 2 aromatic heterocycles. The summed E-state index contributed by atoms with van der Waals surface area (Å²) in [7, 11) is -3.59. The molecule has 136 valence electrons. The van der Waals surface area contributed by atoms with E-state index in [0.717, 1.165) is 3.57 Å². The zero-order valence-electron chi connectivity index (χ0n) is 13.4. The number of sulfonamides is 1. The van der Waals surface area contributed by atoms with Gasteiger partial charge in [-0.05, 0) is 53.1 Å². The number of aromatic nitrogens is 2. The Hall–Kier alpha value is -1.75. The number of rotatable bonds is 5. The first-order valence-electron chi connectivity index (χ1n) is 7.95. The van der Waals surface area contributed by atoms with Crippen molar-refractivity contribution in [3.05, 3.63) is 63.1 Å². The van der Waals surface area contributed by atoms with E-state index in [9.17, 15) is 12.8 Å². The molecule has 5 nitrogen and oxygen atoms in total. The van der Waals surface area contributed by atoms with E-state index in [4.69, 9.17) is 0 Å². The molecule has 26 heavy (non-hydrogen) atoms. The Morgan fingerprint density at radius 1 is 1.31 bits per heavy atom. The van der Waals surface area contributed by atoms with Gasteiger partial charge in [-0.3, -0.25) is 4.72 Å². The summed E-state index contributed by atoms with van der Waals surface area (Å²) in [5.41, 5.74) is 0.540. The Balaban J connectivity index is 1.82. The summed E-state index contributed by atoms with van der Waals surface area (Å²) in [6, 6.07) is 4.65. The van der Waals surface area contributed by atoms with Gasteiger partial charge in [0.25, 0.3) is 0 Å². The number of benzene rings is 1. The van der Waals surface area contributed by atoms with Crippen LogP contribution < -0.4 is 4.72 Å². The second-order valence-electron chi connectivity index (χ2n) is 6.25. The third-order valence-corrected chi connectivity index (χ3v) is 6.85.